The number of amides is 1. The SMILES string of the molecule is CCN1C(=O)/C(=C\c2ccc(N3CCCCCC3)o2)SC1=Nc1ccc(OC)cc1. The van der Waals surface area contributed by atoms with E-state index in [0.717, 1.165) is 30.4 Å². The fourth-order valence-corrected chi connectivity index (χ4v) is 4.69. The Morgan fingerprint density at radius 3 is 2.50 bits per heavy atom. The minimum atomic E-state index is -0.0394. The molecule has 3 heterocycles. The molecule has 2 saturated heterocycles. The summed E-state index contributed by atoms with van der Waals surface area (Å²) < 4.78 is 11.2. The summed E-state index contributed by atoms with van der Waals surface area (Å²) in [4.78, 5) is 22.2. The molecular formula is C23H27N3O3S. The van der Waals surface area contributed by atoms with Crippen LogP contribution in [0.3, 0.4) is 0 Å². The predicted molar refractivity (Wildman–Crippen MR) is 122 cm³/mol. The molecule has 2 aromatic rings. The van der Waals surface area contributed by atoms with Gasteiger partial charge in [0.15, 0.2) is 11.1 Å². The van der Waals surface area contributed by atoms with Gasteiger partial charge < -0.3 is 14.1 Å². The lowest BCUT2D eigenvalue weighted by Crippen LogP contribution is -2.28. The number of likely N-dealkylation sites (N-methyl/N-ethyl adjacent to an activating group) is 1. The van der Waals surface area contributed by atoms with Gasteiger partial charge >= 0.3 is 0 Å². The Labute approximate surface area is 181 Å². The molecule has 0 atom stereocenters. The maximum absolute atomic E-state index is 12.9. The van der Waals surface area contributed by atoms with Gasteiger partial charge in [-0.15, -0.1) is 0 Å². The molecule has 1 aromatic heterocycles. The van der Waals surface area contributed by atoms with Gasteiger partial charge in [0.1, 0.15) is 11.5 Å². The van der Waals surface area contributed by atoms with E-state index >= 15 is 0 Å². The maximum atomic E-state index is 12.9. The van der Waals surface area contributed by atoms with Crippen LogP contribution >= 0.6 is 11.8 Å². The van der Waals surface area contributed by atoms with Gasteiger partial charge in [0.25, 0.3) is 5.91 Å². The molecule has 2 aliphatic heterocycles. The zero-order chi connectivity index (χ0) is 20.9. The number of nitrogens with zero attached hydrogens (tertiary/aromatic N) is 3. The molecule has 0 spiro atoms. The number of carbonyl (C=O) groups excluding carboxylic acids is 1. The number of carbonyl (C=O) groups is 1. The van der Waals surface area contributed by atoms with E-state index in [2.05, 4.69) is 9.89 Å². The van der Waals surface area contributed by atoms with Crippen molar-refractivity contribution < 1.29 is 13.9 Å². The summed E-state index contributed by atoms with van der Waals surface area (Å²) in [6, 6.07) is 11.4. The van der Waals surface area contributed by atoms with Crippen molar-refractivity contribution in [3.8, 4) is 5.75 Å². The molecule has 0 radical (unpaired) electrons. The number of hydrogen-bond acceptors (Lipinski definition) is 6. The van der Waals surface area contributed by atoms with Gasteiger partial charge in [-0.2, -0.15) is 0 Å². The molecule has 0 aliphatic carbocycles. The molecule has 0 saturated carbocycles. The van der Waals surface area contributed by atoms with E-state index in [-0.39, 0.29) is 5.91 Å². The number of aliphatic imine (C=N–C) groups is 1. The summed E-state index contributed by atoms with van der Waals surface area (Å²) in [6.07, 6.45) is 6.78. The van der Waals surface area contributed by atoms with Gasteiger partial charge in [-0.1, -0.05) is 12.8 Å². The molecule has 158 valence electrons. The van der Waals surface area contributed by atoms with E-state index < -0.39 is 0 Å². The van der Waals surface area contributed by atoms with Crippen LogP contribution in [0.15, 0.2) is 50.7 Å². The van der Waals surface area contributed by atoms with Crippen molar-refractivity contribution in [2.75, 3.05) is 31.6 Å². The van der Waals surface area contributed by atoms with Crippen molar-refractivity contribution in [2.24, 2.45) is 4.99 Å². The first-order chi connectivity index (χ1) is 14.7. The summed E-state index contributed by atoms with van der Waals surface area (Å²) in [5.74, 6) is 2.33. The Bertz CT molecular complexity index is 941. The number of rotatable bonds is 5. The Hall–Kier alpha value is -2.67. The molecule has 2 fully saturated rings. The normalized spacial score (nSPS) is 20.3. The van der Waals surface area contributed by atoms with Crippen LogP contribution in [0, 0.1) is 0 Å². The number of furan rings is 1. The highest BCUT2D eigenvalue weighted by molar-refractivity contribution is 8.18. The Balaban J connectivity index is 1.53. The lowest BCUT2D eigenvalue weighted by Gasteiger charge is -2.18. The molecule has 0 unspecified atom stereocenters. The van der Waals surface area contributed by atoms with Crippen molar-refractivity contribution in [3.63, 3.8) is 0 Å². The monoisotopic (exact) mass is 425 g/mol. The van der Waals surface area contributed by atoms with Crippen LogP contribution < -0.4 is 9.64 Å². The van der Waals surface area contributed by atoms with Crippen molar-refractivity contribution in [2.45, 2.75) is 32.6 Å². The summed E-state index contributed by atoms with van der Waals surface area (Å²) in [5, 5.41) is 0.679. The molecule has 7 heteroatoms. The fourth-order valence-electron chi connectivity index (χ4n) is 3.65. The van der Waals surface area contributed by atoms with E-state index in [1.807, 2.05) is 49.4 Å². The van der Waals surface area contributed by atoms with E-state index in [1.54, 1.807) is 12.0 Å². The van der Waals surface area contributed by atoms with Crippen LogP contribution in [-0.2, 0) is 4.79 Å². The van der Waals surface area contributed by atoms with Crippen molar-refractivity contribution >= 4 is 40.5 Å². The van der Waals surface area contributed by atoms with Crippen molar-refractivity contribution in [3.05, 3.63) is 47.1 Å². The standard InChI is InChI=1S/C23H27N3O3S/c1-3-26-22(27)20(30-23(26)24-17-8-10-18(28-2)11-9-17)16-19-12-13-21(29-19)25-14-6-4-5-7-15-25/h8-13,16H,3-7,14-15H2,1-2H3/b20-16+,24-23?. The number of hydrogen-bond donors (Lipinski definition) is 0. The lowest BCUT2D eigenvalue weighted by atomic mass is 10.2. The van der Waals surface area contributed by atoms with Gasteiger partial charge in [-0.25, -0.2) is 4.99 Å². The van der Waals surface area contributed by atoms with Crippen LogP contribution in [0.2, 0.25) is 0 Å². The quantitative estimate of drug-likeness (QED) is 0.609. The molecule has 1 amide bonds. The lowest BCUT2D eigenvalue weighted by molar-refractivity contribution is -0.122. The van der Waals surface area contributed by atoms with E-state index in [4.69, 9.17) is 9.15 Å². The highest BCUT2D eigenvalue weighted by Crippen LogP contribution is 2.35. The van der Waals surface area contributed by atoms with Gasteiger partial charge in [-0.3, -0.25) is 9.69 Å². The fraction of sp³-hybridized carbons (Fsp3) is 0.391. The third-order valence-corrected chi connectivity index (χ3v) is 6.31. The Kier molecular flexibility index (Phi) is 6.47. The van der Waals surface area contributed by atoms with Crippen LogP contribution in [0.25, 0.3) is 6.08 Å². The highest BCUT2D eigenvalue weighted by atomic mass is 32.2. The van der Waals surface area contributed by atoms with Crippen LogP contribution in [0.1, 0.15) is 38.4 Å². The molecule has 4 rings (SSSR count). The number of thioether (sulfide) groups is 1. The minimum Gasteiger partial charge on any atom is -0.497 e. The van der Waals surface area contributed by atoms with E-state index in [1.165, 1.54) is 37.4 Å². The third kappa shape index (κ3) is 4.56. The first-order valence-corrected chi connectivity index (χ1v) is 11.3. The van der Waals surface area contributed by atoms with Gasteiger partial charge in [-0.05, 0) is 61.9 Å². The molecule has 2 aliphatic rings. The van der Waals surface area contributed by atoms with Crippen molar-refractivity contribution in [1.29, 1.82) is 0 Å². The zero-order valence-corrected chi connectivity index (χ0v) is 18.3. The Morgan fingerprint density at radius 2 is 1.83 bits per heavy atom. The van der Waals surface area contributed by atoms with Crippen molar-refractivity contribution in [1.82, 2.24) is 4.90 Å². The molecular weight excluding hydrogens is 398 g/mol. The maximum Gasteiger partial charge on any atom is 0.266 e. The first kappa shape index (κ1) is 20.6. The number of methoxy groups -OCH3 is 1. The average molecular weight is 426 g/mol. The topological polar surface area (TPSA) is 58.3 Å². The second-order valence-corrected chi connectivity index (χ2v) is 8.34. The second-order valence-electron chi connectivity index (χ2n) is 7.33. The summed E-state index contributed by atoms with van der Waals surface area (Å²) in [6.45, 7) is 4.57. The average Bonchev–Trinajstić information content (AvgIpc) is 3.22. The first-order valence-electron chi connectivity index (χ1n) is 10.5. The number of anilines is 1. The third-order valence-electron chi connectivity index (χ3n) is 5.31. The molecule has 1 aromatic carbocycles. The number of ether oxygens (including phenoxy) is 1. The summed E-state index contributed by atoms with van der Waals surface area (Å²) in [5.41, 5.74) is 0.784. The predicted octanol–water partition coefficient (Wildman–Crippen LogP) is 5.29. The largest absolute Gasteiger partial charge is 0.497 e. The Morgan fingerprint density at radius 1 is 1.10 bits per heavy atom. The summed E-state index contributed by atoms with van der Waals surface area (Å²) >= 11 is 1.38. The van der Waals surface area contributed by atoms with Gasteiger partial charge in [0.05, 0.1) is 17.7 Å². The van der Waals surface area contributed by atoms with Gasteiger partial charge in [0, 0.05) is 31.8 Å². The molecule has 30 heavy (non-hydrogen) atoms. The van der Waals surface area contributed by atoms with Crippen LogP contribution in [-0.4, -0.2) is 42.7 Å². The van der Waals surface area contributed by atoms with E-state index in [0.29, 0.717) is 22.4 Å². The van der Waals surface area contributed by atoms with Crippen LogP contribution in [0.4, 0.5) is 11.6 Å². The smallest absolute Gasteiger partial charge is 0.266 e. The molecule has 6 nitrogen and oxygen atoms in total. The summed E-state index contributed by atoms with van der Waals surface area (Å²) in [7, 11) is 1.63. The molecule has 0 bridgehead atoms. The number of amidine groups is 1. The highest BCUT2D eigenvalue weighted by Gasteiger charge is 2.32. The van der Waals surface area contributed by atoms with Crippen LogP contribution in [0.5, 0.6) is 5.75 Å². The number of benzene rings is 1. The minimum absolute atomic E-state index is 0.0394. The van der Waals surface area contributed by atoms with Gasteiger partial charge in [0.2, 0.25) is 0 Å². The molecule has 0 N–H and O–H groups in total. The second kappa shape index (κ2) is 9.43. The van der Waals surface area contributed by atoms with E-state index in [9.17, 15) is 4.79 Å². The zero-order valence-electron chi connectivity index (χ0n) is 17.5.